The maximum atomic E-state index is 14.3. The van der Waals surface area contributed by atoms with Crippen LogP contribution in [0.3, 0.4) is 0 Å². The second kappa shape index (κ2) is 6.93. The number of aliphatic hydroxyl groups excluding tert-OH is 1. The number of aliphatic hydroxyl groups is 1. The summed E-state index contributed by atoms with van der Waals surface area (Å²) in [5.41, 5.74) is -0.232. The van der Waals surface area contributed by atoms with Crippen molar-refractivity contribution in [2.45, 2.75) is 62.6 Å². The largest absolute Gasteiger partial charge is 0.465 e. The molecule has 5 nitrogen and oxygen atoms in total. The van der Waals surface area contributed by atoms with Gasteiger partial charge >= 0.3 is 6.09 Å². The fourth-order valence-corrected chi connectivity index (χ4v) is 5.77. The molecular formula is C20H26F2N2O3. The van der Waals surface area contributed by atoms with E-state index in [1.807, 2.05) is 4.90 Å². The molecule has 0 aliphatic carbocycles. The number of benzene rings is 1. The lowest BCUT2D eigenvalue weighted by Crippen LogP contribution is -2.68. The normalized spacial score (nSPS) is 33.8. The van der Waals surface area contributed by atoms with Crippen LogP contribution in [-0.2, 0) is 0 Å². The van der Waals surface area contributed by atoms with Crippen molar-refractivity contribution < 1.29 is 23.8 Å². The van der Waals surface area contributed by atoms with Gasteiger partial charge in [-0.2, -0.15) is 0 Å². The van der Waals surface area contributed by atoms with E-state index < -0.39 is 29.4 Å². The molecule has 4 unspecified atom stereocenters. The number of fused-ring (bicyclic) bond motifs is 2. The Labute approximate surface area is 157 Å². The molecule has 3 aliphatic rings. The van der Waals surface area contributed by atoms with Crippen LogP contribution < -0.4 is 4.90 Å². The zero-order valence-electron chi connectivity index (χ0n) is 15.3. The van der Waals surface area contributed by atoms with E-state index in [4.69, 9.17) is 0 Å². The van der Waals surface area contributed by atoms with Crippen molar-refractivity contribution in [2.75, 3.05) is 18.0 Å². The molecule has 7 heteroatoms. The van der Waals surface area contributed by atoms with Crippen LogP contribution in [0.5, 0.6) is 0 Å². The maximum absolute atomic E-state index is 14.3. The average molecular weight is 380 g/mol. The van der Waals surface area contributed by atoms with Crippen molar-refractivity contribution in [2.24, 2.45) is 5.92 Å². The summed E-state index contributed by atoms with van der Waals surface area (Å²) in [6.45, 7) is 1.18. The molecule has 4 atom stereocenters. The zero-order chi connectivity index (χ0) is 19.2. The Balaban J connectivity index is 1.65. The molecular weight excluding hydrogens is 354 g/mol. The summed E-state index contributed by atoms with van der Waals surface area (Å²) in [6, 6.07) is 3.46. The van der Waals surface area contributed by atoms with Crippen LogP contribution in [0.4, 0.5) is 19.3 Å². The predicted octanol–water partition coefficient (Wildman–Crippen LogP) is 3.61. The van der Waals surface area contributed by atoms with Crippen molar-refractivity contribution in [1.82, 2.24) is 4.90 Å². The summed E-state index contributed by atoms with van der Waals surface area (Å²) in [7, 11) is 0. The molecule has 2 N–H and O–H groups in total. The number of nitrogens with zero attached hydrogens (tertiary/aromatic N) is 2. The Kier molecular flexibility index (Phi) is 4.74. The van der Waals surface area contributed by atoms with Crippen LogP contribution in [0.2, 0.25) is 0 Å². The van der Waals surface area contributed by atoms with Crippen LogP contribution in [0.1, 0.15) is 44.9 Å². The number of amides is 1. The highest BCUT2D eigenvalue weighted by atomic mass is 19.1. The molecule has 3 fully saturated rings. The first-order chi connectivity index (χ1) is 12.9. The molecule has 0 saturated carbocycles. The second-order valence-electron chi connectivity index (χ2n) is 8.28. The third kappa shape index (κ3) is 3.16. The van der Waals surface area contributed by atoms with Gasteiger partial charge in [0.25, 0.3) is 0 Å². The summed E-state index contributed by atoms with van der Waals surface area (Å²) in [4.78, 5) is 15.6. The first kappa shape index (κ1) is 18.5. The third-order valence-corrected chi connectivity index (χ3v) is 6.76. The topological polar surface area (TPSA) is 64.0 Å². The molecule has 148 valence electrons. The van der Waals surface area contributed by atoms with E-state index in [1.54, 1.807) is 4.90 Å². The molecule has 3 heterocycles. The summed E-state index contributed by atoms with van der Waals surface area (Å²) >= 11 is 0. The number of halogens is 2. The Morgan fingerprint density at radius 1 is 1.22 bits per heavy atom. The van der Waals surface area contributed by atoms with Crippen molar-refractivity contribution in [3.8, 4) is 0 Å². The fraction of sp³-hybridized carbons (Fsp3) is 0.650. The number of piperidine rings is 3. The quantitative estimate of drug-likeness (QED) is 0.823. The van der Waals surface area contributed by atoms with Crippen molar-refractivity contribution in [3.63, 3.8) is 0 Å². The van der Waals surface area contributed by atoms with Crippen LogP contribution in [0, 0.1) is 17.6 Å². The van der Waals surface area contributed by atoms with Gasteiger partial charge in [0.1, 0.15) is 11.6 Å². The highest BCUT2D eigenvalue weighted by molar-refractivity contribution is 5.67. The van der Waals surface area contributed by atoms with Gasteiger partial charge in [0.2, 0.25) is 0 Å². The minimum atomic E-state index is -0.920. The molecule has 0 aromatic heterocycles. The first-order valence-corrected chi connectivity index (χ1v) is 9.81. The number of rotatable bonds is 2. The molecule has 0 radical (unpaired) electrons. The van der Waals surface area contributed by atoms with Crippen molar-refractivity contribution in [1.29, 1.82) is 0 Å². The van der Waals surface area contributed by atoms with Gasteiger partial charge in [-0.3, -0.25) is 4.90 Å². The minimum Gasteiger partial charge on any atom is -0.465 e. The number of anilines is 1. The van der Waals surface area contributed by atoms with Crippen molar-refractivity contribution >= 4 is 11.8 Å². The van der Waals surface area contributed by atoms with Crippen LogP contribution >= 0.6 is 0 Å². The number of hydrogen-bond acceptors (Lipinski definition) is 3. The average Bonchev–Trinajstić information content (AvgIpc) is 2.60. The Morgan fingerprint density at radius 3 is 2.78 bits per heavy atom. The molecule has 27 heavy (non-hydrogen) atoms. The van der Waals surface area contributed by atoms with Crippen LogP contribution in [-0.4, -0.2) is 52.0 Å². The van der Waals surface area contributed by atoms with Gasteiger partial charge in [0.15, 0.2) is 0 Å². The molecule has 0 spiro atoms. The van der Waals surface area contributed by atoms with Crippen LogP contribution in [0.15, 0.2) is 18.2 Å². The summed E-state index contributed by atoms with van der Waals surface area (Å²) in [5.74, 6) is -1.18. The van der Waals surface area contributed by atoms with Gasteiger partial charge in [-0.15, -0.1) is 0 Å². The van der Waals surface area contributed by atoms with Gasteiger partial charge in [-0.05, 0) is 57.1 Å². The predicted molar refractivity (Wildman–Crippen MR) is 96.8 cm³/mol. The molecule has 3 saturated heterocycles. The van der Waals surface area contributed by atoms with Gasteiger partial charge < -0.3 is 15.1 Å². The second-order valence-corrected chi connectivity index (χ2v) is 8.28. The summed E-state index contributed by atoms with van der Waals surface area (Å²) in [6.07, 6.45) is 3.66. The molecule has 4 rings (SSSR count). The molecule has 3 aliphatic heterocycles. The zero-order valence-corrected chi connectivity index (χ0v) is 15.3. The van der Waals surface area contributed by atoms with E-state index in [9.17, 15) is 23.8 Å². The highest BCUT2D eigenvalue weighted by Gasteiger charge is 2.55. The number of carbonyl (C=O) groups is 1. The number of carboxylic acid groups (broad SMARTS) is 1. The third-order valence-electron chi connectivity index (χ3n) is 6.76. The lowest BCUT2D eigenvalue weighted by Gasteiger charge is -2.59. The summed E-state index contributed by atoms with van der Waals surface area (Å²) in [5, 5.41) is 20.3. The lowest BCUT2D eigenvalue weighted by molar-refractivity contribution is -0.0997. The monoisotopic (exact) mass is 380 g/mol. The highest BCUT2D eigenvalue weighted by Crippen LogP contribution is 2.49. The Hall–Kier alpha value is -1.89. The standard InChI is InChI=1S/C20H26F2N2O3/c21-14-5-6-18(17(22)9-14)23-8-2-3-13(12-23)20-7-1-4-15(10-16(25)11-20)24(20)19(26)27/h5-6,9,13,15-16,25H,1-4,7-8,10-12H2,(H,26,27). The fourth-order valence-electron chi connectivity index (χ4n) is 5.77. The van der Waals surface area contributed by atoms with E-state index in [2.05, 4.69) is 0 Å². The van der Waals surface area contributed by atoms with E-state index in [-0.39, 0.29) is 12.0 Å². The van der Waals surface area contributed by atoms with E-state index >= 15 is 0 Å². The smallest absolute Gasteiger partial charge is 0.408 e. The Bertz CT molecular complexity index is 731. The van der Waals surface area contributed by atoms with Gasteiger partial charge in [0, 0.05) is 31.1 Å². The minimum absolute atomic E-state index is 0.0181. The van der Waals surface area contributed by atoms with E-state index in [1.165, 1.54) is 12.1 Å². The van der Waals surface area contributed by atoms with Gasteiger partial charge in [-0.25, -0.2) is 13.6 Å². The molecule has 2 bridgehead atoms. The van der Waals surface area contributed by atoms with Crippen LogP contribution in [0.25, 0.3) is 0 Å². The van der Waals surface area contributed by atoms with E-state index in [0.717, 1.165) is 38.2 Å². The SMILES string of the molecule is O=C(O)N1C2CCCC1(C1CCCN(c3ccc(F)cc3F)C1)CC(O)C2. The first-order valence-electron chi connectivity index (χ1n) is 9.81. The van der Waals surface area contributed by atoms with E-state index in [0.29, 0.717) is 31.6 Å². The molecule has 1 aromatic rings. The van der Waals surface area contributed by atoms with Gasteiger partial charge in [-0.1, -0.05) is 0 Å². The van der Waals surface area contributed by atoms with Gasteiger partial charge in [0.05, 0.1) is 17.3 Å². The van der Waals surface area contributed by atoms with Crippen molar-refractivity contribution in [3.05, 3.63) is 29.8 Å². The molecule has 1 amide bonds. The maximum Gasteiger partial charge on any atom is 0.408 e. The number of hydrogen-bond donors (Lipinski definition) is 2. The summed E-state index contributed by atoms with van der Waals surface area (Å²) < 4.78 is 27.6. The lowest BCUT2D eigenvalue weighted by atomic mass is 9.64. The molecule has 1 aromatic carbocycles. The Morgan fingerprint density at radius 2 is 2.04 bits per heavy atom.